The molecule has 2 atom stereocenters. The van der Waals surface area contributed by atoms with Crippen molar-refractivity contribution in [1.29, 1.82) is 0 Å². The number of likely N-dealkylation sites (tertiary alicyclic amines) is 1. The van der Waals surface area contributed by atoms with Gasteiger partial charge < -0.3 is 19.7 Å². The highest BCUT2D eigenvalue weighted by molar-refractivity contribution is 5.77. The lowest BCUT2D eigenvalue weighted by atomic mass is 10.2. The molecule has 7 nitrogen and oxygen atoms in total. The maximum Gasteiger partial charge on any atom is 0.246 e. The van der Waals surface area contributed by atoms with Crippen molar-refractivity contribution in [2.75, 3.05) is 26.8 Å². The molecule has 3 rings (SSSR count). The van der Waals surface area contributed by atoms with Gasteiger partial charge in [-0.1, -0.05) is 12.1 Å². The fourth-order valence-corrected chi connectivity index (χ4v) is 3.05. The lowest BCUT2D eigenvalue weighted by Gasteiger charge is -2.16. The number of fused-ring (bicyclic) bond motifs is 1. The molecule has 2 heterocycles. The highest BCUT2D eigenvalue weighted by Crippen LogP contribution is 2.18. The van der Waals surface area contributed by atoms with Gasteiger partial charge >= 0.3 is 0 Å². The number of carbonyl (C=O) groups excluding carboxylic acids is 1. The summed E-state index contributed by atoms with van der Waals surface area (Å²) in [5.74, 6) is 0.739. The molecule has 0 unspecified atom stereocenters. The smallest absolute Gasteiger partial charge is 0.246 e. The number of ether oxygens (including phenoxy) is 1. The molecule has 0 bridgehead atoms. The first-order valence-corrected chi connectivity index (χ1v) is 7.67. The predicted octanol–water partition coefficient (Wildman–Crippen LogP) is -0.119. The summed E-state index contributed by atoms with van der Waals surface area (Å²) in [6, 6.07) is 7.73. The van der Waals surface area contributed by atoms with Gasteiger partial charge in [0.25, 0.3) is 0 Å². The number of aryl methyl sites for hydroxylation is 1. The summed E-state index contributed by atoms with van der Waals surface area (Å²) in [5, 5.41) is 12.9. The monoisotopic (exact) mass is 318 g/mol. The number of amides is 1. The van der Waals surface area contributed by atoms with E-state index in [1.54, 1.807) is 0 Å². The van der Waals surface area contributed by atoms with Crippen LogP contribution in [0.5, 0.6) is 0 Å². The van der Waals surface area contributed by atoms with Crippen molar-refractivity contribution < 1.29 is 14.6 Å². The number of aromatic nitrogens is 2. The number of carbonyl (C=O) groups is 1. The summed E-state index contributed by atoms with van der Waals surface area (Å²) < 4.78 is 6.87. The van der Waals surface area contributed by atoms with E-state index in [1.165, 1.54) is 7.11 Å². The molecular weight excluding hydrogens is 296 g/mol. The molecule has 1 aliphatic rings. The number of imidazole rings is 1. The Bertz CT molecular complexity index is 700. The highest BCUT2D eigenvalue weighted by Gasteiger charge is 2.32. The molecule has 0 radical (unpaired) electrons. The molecule has 1 aliphatic heterocycles. The topological polar surface area (TPSA) is 79.6 Å². The number of β-amino-alcohol motifs (C(OH)–C–C–N with tert-alkyl or cyclic N) is 1. The van der Waals surface area contributed by atoms with E-state index in [4.69, 9.17) is 4.74 Å². The molecule has 1 fully saturated rings. The molecule has 1 amide bonds. The third-order valence-electron chi connectivity index (χ3n) is 4.23. The zero-order valence-electron chi connectivity index (χ0n) is 13.4. The number of para-hydroxylation sites is 2. The van der Waals surface area contributed by atoms with Crippen molar-refractivity contribution in [3.8, 4) is 0 Å². The number of hydrogen-bond acceptors (Lipinski definition) is 5. The molecule has 1 saturated heterocycles. The summed E-state index contributed by atoms with van der Waals surface area (Å²) in [5.41, 5.74) is 2.06. The molecule has 7 heteroatoms. The van der Waals surface area contributed by atoms with Crippen molar-refractivity contribution >= 4 is 16.9 Å². The minimum absolute atomic E-state index is 0.00791. The summed E-state index contributed by atoms with van der Waals surface area (Å²) in [4.78, 5) is 18.3. The fraction of sp³-hybridized carbons (Fsp3) is 0.500. The number of methoxy groups -OCH3 is 1. The SMILES string of the molecule is COCC(=O)N[C@@H]1CN(Cc2nc3ccccc3n2C)C[C@H]1O. The molecule has 2 N–H and O–H groups in total. The van der Waals surface area contributed by atoms with Crippen LogP contribution >= 0.6 is 0 Å². The number of hydrogen-bond donors (Lipinski definition) is 2. The van der Waals surface area contributed by atoms with E-state index in [0.29, 0.717) is 19.6 Å². The van der Waals surface area contributed by atoms with Gasteiger partial charge in [-0.25, -0.2) is 4.98 Å². The van der Waals surface area contributed by atoms with Crippen LogP contribution in [0.4, 0.5) is 0 Å². The number of aliphatic hydroxyl groups excluding tert-OH is 1. The summed E-state index contributed by atoms with van der Waals surface area (Å²) in [6.07, 6.45) is -0.578. The highest BCUT2D eigenvalue weighted by atomic mass is 16.5. The molecule has 124 valence electrons. The standard InChI is InChI=1S/C16H22N4O3/c1-19-13-6-4-3-5-11(13)17-15(19)9-20-7-12(14(21)8-20)18-16(22)10-23-2/h3-6,12,14,21H,7-10H2,1-2H3,(H,18,22)/t12-,14-/m1/s1. The minimum atomic E-state index is -0.578. The van der Waals surface area contributed by atoms with Crippen LogP contribution < -0.4 is 5.32 Å². The van der Waals surface area contributed by atoms with Gasteiger partial charge in [-0.2, -0.15) is 0 Å². The first kappa shape index (κ1) is 15.9. The van der Waals surface area contributed by atoms with E-state index in [2.05, 4.69) is 19.8 Å². The minimum Gasteiger partial charge on any atom is -0.390 e. The summed E-state index contributed by atoms with van der Waals surface area (Å²) in [7, 11) is 3.47. The molecular formula is C16H22N4O3. The summed E-state index contributed by atoms with van der Waals surface area (Å²) >= 11 is 0. The number of nitrogens with zero attached hydrogens (tertiary/aromatic N) is 3. The van der Waals surface area contributed by atoms with E-state index in [-0.39, 0.29) is 18.6 Å². The number of aliphatic hydroxyl groups is 1. The van der Waals surface area contributed by atoms with Crippen LogP contribution in [0.3, 0.4) is 0 Å². The molecule has 0 aliphatic carbocycles. The van der Waals surface area contributed by atoms with Crippen molar-refractivity contribution in [1.82, 2.24) is 19.8 Å². The molecule has 1 aromatic carbocycles. The van der Waals surface area contributed by atoms with E-state index in [1.807, 2.05) is 31.3 Å². The van der Waals surface area contributed by atoms with Gasteiger partial charge in [-0.3, -0.25) is 9.69 Å². The van der Waals surface area contributed by atoms with Crippen LogP contribution in [0.15, 0.2) is 24.3 Å². The Morgan fingerprint density at radius 1 is 1.43 bits per heavy atom. The van der Waals surface area contributed by atoms with Crippen molar-refractivity contribution in [3.05, 3.63) is 30.1 Å². The normalized spacial score (nSPS) is 21.9. The first-order chi connectivity index (χ1) is 11.1. The average molecular weight is 318 g/mol. The fourth-order valence-electron chi connectivity index (χ4n) is 3.05. The van der Waals surface area contributed by atoms with E-state index in [0.717, 1.165) is 16.9 Å². The van der Waals surface area contributed by atoms with Crippen LogP contribution in [0, 0.1) is 0 Å². The average Bonchev–Trinajstić information content (AvgIpc) is 3.01. The molecule has 0 saturated carbocycles. The second-order valence-electron chi connectivity index (χ2n) is 5.94. The van der Waals surface area contributed by atoms with E-state index in [9.17, 15) is 9.90 Å². The predicted molar refractivity (Wildman–Crippen MR) is 85.8 cm³/mol. The Morgan fingerprint density at radius 3 is 2.96 bits per heavy atom. The van der Waals surface area contributed by atoms with Gasteiger partial charge in [-0.05, 0) is 12.1 Å². The van der Waals surface area contributed by atoms with Gasteiger partial charge in [-0.15, -0.1) is 0 Å². The second kappa shape index (κ2) is 6.66. The zero-order chi connectivity index (χ0) is 16.4. The van der Waals surface area contributed by atoms with Crippen LogP contribution in [0.2, 0.25) is 0 Å². The Morgan fingerprint density at radius 2 is 2.22 bits per heavy atom. The second-order valence-corrected chi connectivity index (χ2v) is 5.94. The van der Waals surface area contributed by atoms with Crippen molar-refractivity contribution in [3.63, 3.8) is 0 Å². The Hall–Kier alpha value is -1.96. The van der Waals surface area contributed by atoms with Crippen molar-refractivity contribution in [2.24, 2.45) is 7.05 Å². The van der Waals surface area contributed by atoms with Gasteiger partial charge in [0.1, 0.15) is 12.4 Å². The Balaban J connectivity index is 1.66. The lowest BCUT2D eigenvalue weighted by Crippen LogP contribution is -2.44. The maximum atomic E-state index is 11.6. The van der Waals surface area contributed by atoms with Crippen LogP contribution in [-0.4, -0.2) is 64.4 Å². The van der Waals surface area contributed by atoms with E-state index < -0.39 is 6.10 Å². The molecule has 0 spiro atoms. The van der Waals surface area contributed by atoms with Crippen LogP contribution in [0.25, 0.3) is 11.0 Å². The van der Waals surface area contributed by atoms with Gasteiger partial charge in [0.05, 0.1) is 29.7 Å². The largest absolute Gasteiger partial charge is 0.390 e. The zero-order valence-corrected chi connectivity index (χ0v) is 13.4. The number of nitrogens with one attached hydrogen (secondary N) is 1. The van der Waals surface area contributed by atoms with Gasteiger partial charge in [0, 0.05) is 27.2 Å². The molecule has 23 heavy (non-hydrogen) atoms. The first-order valence-electron chi connectivity index (χ1n) is 7.67. The van der Waals surface area contributed by atoms with Crippen molar-refractivity contribution in [2.45, 2.75) is 18.7 Å². The number of benzene rings is 1. The third kappa shape index (κ3) is 3.36. The van der Waals surface area contributed by atoms with Crippen LogP contribution in [0.1, 0.15) is 5.82 Å². The quantitative estimate of drug-likeness (QED) is 0.803. The third-order valence-corrected chi connectivity index (χ3v) is 4.23. The lowest BCUT2D eigenvalue weighted by molar-refractivity contribution is -0.125. The van der Waals surface area contributed by atoms with Gasteiger partial charge in [0.2, 0.25) is 5.91 Å². The van der Waals surface area contributed by atoms with Gasteiger partial charge in [0.15, 0.2) is 0 Å². The Labute approximate surface area is 134 Å². The Kier molecular flexibility index (Phi) is 4.61. The number of rotatable bonds is 5. The molecule has 1 aromatic heterocycles. The van der Waals surface area contributed by atoms with Crippen LogP contribution in [-0.2, 0) is 23.1 Å². The van der Waals surface area contributed by atoms with E-state index >= 15 is 0 Å². The summed E-state index contributed by atoms with van der Waals surface area (Å²) in [6.45, 7) is 1.76. The maximum absolute atomic E-state index is 11.6. The molecule has 2 aromatic rings.